The standard InChI is InChI=1S/C59H94O21/c1-12-73-50(72)47-45(78-51-42(67)39(64)32(62)26-74-51)44(69)46(79-52-43(68)41(66)40(65)33(25-60)75-52)53(80-47)77-36-19-20-56(9)34(55(36,7)8)18-21-57(10)35(56)17-16-30-31-23-54(5,6)24-37(59(31,27-61)49(71)48(70)58(30,57)11)76-38(63)22-29(4)15-13-14-28(2)3/h14,16,22,31-37,39-49,51-53,60-62,64-71H,12-13,15,17-21,23-27H2,1-11H3/b29-22+/t31-,32-,33+,34-,35+,36-,37-,39-,40+,41-,42+,43+,44-,45-,46+,47-,48-,49+,51-,52-,53+,56-,57+,58-,59+/m0/s1. The summed E-state index contributed by atoms with van der Waals surface area (Å²) >= 11 is 0. The Bertz CT molecular complexity index is 2300. The molecule has 11 N–H and O–H groups in total. The van der Waals surface area contributed by atoms with E-state index in [1.807, 2.05) is 20.8 Å². The molecule has 25 atom stereocenters. The molecule has 5 aliphatic carbocycles. The lowest BCUT2D eigenvalue weighted by atomic mass is 9.32. The number of esters is 2. The fraction of sp³-hybridized carbons (Fsp3) is 0.864. The van der Waals surface area contributed by atoms with Crippen LogP contribution in [0.3, 0.4) is 0 Å². The van der Waals surface area contributed by atoms with Crippen LogP contribution >= 0.6 is 0 Å². The second-order valence-corrected chi connectivity index (χ2v) is 27.0. The smallest absolute Gasteiger partial charge is 0.338 e. The van der Waals surface area contributed by atoms with Gasteiger partial charge in [-0.15, -0.1) is 0 Å². The summed E-state index contributed by atoms with van der Waals surface area (Å²) in [5.74, 6) is -2.09. The van der Waals surface area contributed by atoms with Gasteiger partial charge in [0, 0.05) is 11.5 Å². The molecule has 456 valence electrons. The van der Waals surface area contributed by atoms with Crippen LogP contribution < -0.4 is 0 Å². The van der Waals surface area contributed by atoms with Crippen molar-refractivity contribution in [3.63, 3.8) is 0 Å². The first-order chi connectivity index (χ1) is 37.4. The Labute approximate surface area is 470 Å². The maximum absolute atomic E-state index is 13.9. The molecule has 21 nitrogen and oxygen atoms in total. The molecular weight excluding hydrogens is 1040 g/mol. The predicted octanol–water partition coefficient (Wildman–Crippen LogP) is 1.98. The molecule has 80 heavy (non-hydrogen) atoms. The number of rotatable bonds is 15. The molecule has 3 aliphatic heterocycles. The van der Waals surface area contributed by atoms with Gasteiger partial charge >= 0.3 is 11.9 Å². The second-order valence-electron chi connectivity index (χ2n) is 27.0. The van der Waals surface area contributed by atoms with Gasteiger partial charge in [-0.2, -0.15) is 0 Å². The highest BCUT2D eigenvalue weighted by Crippen LogP contribution is 2.76. The summed E-state index contributed by atoms with van der Waals surface area (Å²) in [7, 11) is 0. The first-order valence-electron chi connectivity index (χ1n) is 29.0. The van der Waals surface area contributed by atoms with Gasteiger partial charge in [-0.25, -0.2) is 9.59 Å². The third-order valence-electron chi connectivity index (χ3n) is 21.1. The SMILES string of the molecule is CCOC(=O)[C@H]1O[C@@H](O[C@H]2CC[C@]3(C)[C@H]4CC=C5[C@@H]6CC(C)(C)C[C@H](OC(=O)/C=C(\C)CCC=C(C)C)[C@]6(CO)[C@H](O)[C@H](O)[C@@]5(C)[C@]4(C)CC[C@H]3C2(C)C)[C@H](O[C@@H]2O[C@H](CO)[C@@H](O)[C@H](O)[C@H]2O)[C@@H](O)[C@@H]1O[C@@H]1OC[C@H](O)[C@H](O)[C@H]1O. The topological polar surface area (TPSA) is 331 Å². The molecule has 7 fully saturated rings. The molecule has 8 rings (SSSR count). The molecule has 0 spiro atoms. The molecule has 0 bridgehead atoms. The van der Waals surface area contributed by atoms with E-state index < -0.39 is 175 Å². The van der Waals surface area contributed by atoms with Crippen LogP contribution in [-0.4, -0.2) is 205 Å². The molecule has 0 aromatic heterocycles. The van der Waals surface area contributed by atoms with Crippen LogP contribution in [0.1, 0.15) is 134 Å². The third-order valence-corrected chi connectivity index (χ3v) is 21.1. The lowest BCUT2D eigenvalue weighted by molar-refractivity contribution is -0.388. The van der Waals surface area contributed by atoms with E-state index in [-0.39, 0.29) is 23.9 Å². The van der Waals surface area contributed by atoms with Gasteiger partial charge in [0.2, 0.25) is 0 Å². The van der Waals surface area contributed by atoms with Crippen LogP contribution in [0.4, 0.5) is 0 Å². The van der Waals surface area contributed by atoms with E-state index in [9.17, 15) is 65.8 Å². The molecule has 0 aromatic rings. The number of aliphatic hydroxyl groups excluding tert-OH is 11. The zero-order valence-corrected chi connectivity index (χ0v) is 48.6. The summed E-state index contributed by atoms with van der Waals surface area (Å²) in [6.07, 6.45) is -17.8. The average molecular weight is 1140 g/mol. The van der Waals surface area contributed by atoms with E-state index >= 15 is 0 Å². The number of fused-ring (bicyclic) bond motifs is 7. The number of aliphatic hydroxyl groups is 11. The van der Waals surface area contributed by atoms with Crippen LogP contribution in [0.5, 0.6) is 0 Å². The maximum Gasteiger partial charge on any atom is 0.338 e. The normalized spacial score (nSPS) is 48.0. The Morgan fingerprint density at radius 1 is 0.725 bits per heavy atom. The van der Waals surface area contributed by atoms with Gasteiger partial charge < -0.3 is 94.1 Å². The van der Waals surface area contributed by atoms with E-state index in [0.717, 1.165) is 17.6 Å². The van der Waals surface area contributed by atoms with Gasteiger partial charge in [0.1, 0.15) is 67.1 Å². The zero-order chi connectivity index (χ0) is 59.0. The highest BCUT2D eigenvalue weighted by molar-refractivity contribution is 5.83. The van der Waals surface area contributed by atoms with Crippen molar-refractivity contribution in [3.05, 3.63) is 34.9 Å². The van der Waals surface area contributed by atoms with Crippen LogP contribution in [-0.2, 0) is 47.5 Å². The molecule has 21 heteroatoms. The number of ether oxygens (including phenoxy) is 8. The Morgan fingerprint density at radius 2 is 1.40 bits per heavy atom. The van der Waals surface area contributed by atoms with Gasteiger partial charge in [0.25, 0.3) is 0 Å². The third kappa shape index (κ3) is 10.8. The van der Waals surface area contributed by atoms with Crippen molar-refractivity contribution >= 4 is 11.9 Å². The molecule has 4 saturated carbocycles. The van der Waals surface area contributed by atoms with Crippen molar-refractivity contribution < 1.29 is 104 Å². The maximum atomic E-state index is 13.9. The van der Waals surface area contributed by atoms with Crippen molar-refractivity contribution in [2.45, 2.75) is 244 Å². The van der Waals surface area contributed by atoms with E-state index in [2.05, 4.69) is 60.6 Å². The molecule has 8 aliphatic rings. The van der Waals surface area contributed by atoms with Crippen molar-refractivity contribution in [1.82, 2.24) is 0 Å². The van der Waals surface area contributed by atoms with E-state index in [1.54, 1.807) is 6.92 Å². The fourth-order valence-electron chi connectivity index (χ4n) is 16.6. The zero-order valence-electron chi connectivity index (χ0n) is 48.6. The van der Waals surface area contributed by atoms with Gasteiger partial charge in [-0.05, 0) is 125 Å². The Kier molecular flexibility index (Phi) is 18.8. The number of hydrogen-bond donors (Lipinski definition) is 11. The monoisotopic (exact) mass is 1140 g/mol. The average Bonchev–Trinajstić information content (AvgIpc) is 1.75. The summed E-state index contributed by atoms with van der Waals surface area (Å²) in [6.45, 7) is 20.5. The summed E-state index contributed by atoms with van der Waals surface area (Å²) in [6, 6.07) is 0. The molecule has 3 heterocycles. The van der Waals surface area contributed by atoms with Crippen LogP contribution in [0, 0.1) is 50.2 Å². The van der Waals surface area contributed by atoms with Gasteiger partial charge in [0.15, 0.2) is 25.0 Å². The molecule has 0 amide bonds. The molecule has 0 unspecified atom stereocenters. The largest absolute Gasteiger partial charge is 0.464 e. The number of hydrogen-bond acceptors (Lipinski definition) is 21. The quantitative estimate of drug-likeness (QED) is 0.0483. The molecular formula is C59H94O21. The fourth-order valence-corrected chi connectivity index (χ4v) is 16.6. The summed E-state index contributed by atoms with van der Waals surface area (Å²) in [4.78, 5) is 27.6. The minimum atomic E-state index is -1.96. The Balaban J connectivity index is 1.09. The van der Waals surface area contributed by atoms with Crippen molar-refractivity contribution in [2.24, 2.45) is 50.2 Å². The first kappa shape index (κ1) is 63.5. The highest BCUT2D eigenvalue weighted by Gasteiger charge is 2.75. The van der Waals surface area contributed by atoms with Gasteiger partial charge in [-0.1, -0.05) is 77.3 Å². The van der Waals surface area contributed by atoms with Gasteiger partial charge in [-0.3, -0.25) is 0 Å². The van der Waals surface area contributed by atoms with E-state index in [4.69, 9.17) is 37.9 Å². The predicted molar refractivity (Wildman–Crippen MR) is 284 cm³/mol. The molecule has 0 aromatic carbocycles. The van der Waals surface area contributed by atoms with Crippen LogP contribution in [0.2, 0.25) is 0 Å². The summed E-state index contributed by atoms with van der Waals surface area (Å²) < 4.78 is 48.6. The second kappa shape index (κ2) is 23.7. The van der Waals surface area contributed by atoms with E-state index in [1.165, 1.54) is 11.6 Å². The Morgan fingerprint density at radius 3 is 2.05 bits per heavy atom. The first-order valence-corrected chi connectivity index (χ1v) is 29.0. The summed E-state index contributed by atoms with van der Waals surface area (Å²) in [5, 5.41) is 124. The summed E-state index contributed by atoms with van der Waals surface area (Å²) in [5.41, 5.74) is -1.44. The highest BCUT2D eigenvalue weighted by atomic mass is 16.8. The minimum Gasteiger partial charge on any atom is -0.464 e. The Hall–Kier alpha value is -2.52. The van der Waals surface area contributed by atoms with Crippen molar-refractivity contribution in [3.8, 4) is 0 Å². The van der Waals surface area contributed by atoms with Crippen molar-refractivity contribution in [1.29, 1.82) is 0 Å². The van der Waals surface area contributed by atoms with Crippen LogP contribution in [0.25, 0.3) is 0 Å². The number of carbonyl (C=O) groups is 2. The van der Waals surface area contributed by atoms with Gasteiger partial charge in [0.05, 0.1) is 50.2 Å². The number of allylic oxidation sites excluding steroid dienone is 4. The lowest BCUT2D eigenvalue weighted by Crippen LogP contribution is -2.74. The molecule has 3 saturated heterocycles. The van der Waals surface area contributed by atoms with Crippen molar-refractivity contribution in [2.75, 3.05) is 26.4 Å². The molecule has 0 radical (unpaired) electrons. The van der Waals surface area contributed by atoms with Crippen LogP contribution in [0.15, 0.2) is 34.9 Å². The number of carbonyl (C=O) groups excluding carboxylic acids is 2. The van der Waals surface area contributed by atoms with E-state index in [0.29, 0.717) is 51.4 Å². The lowest BCUT2D eigenvalue weighted by Gasteiger charge is -2.73. The minimum absolute atomic E-state index is 0.0472.